The minimum absolute atomic E-state index is 0.174. The number of nitrogens with zero attached hydrogens (tertiary/aromatic N) is 1. The van der Waals surface area contributed by atoms with Gasteiger partial charge in [-0.2, -0.15) is 0 Å². The molecule has 0 aromatic rings. The van der Waals surface area contributed by atoms with Gasteiger partial charge in [0.15, 0.2) is 0 Å². The molecule has 1 unspecified atom stereocenters. The maximum absolute atomic E-state index is 11.6. The highest BCUT2D eigenvalue weighted by Crippen LogP contribution is 2.19. The zero-order valence-corrected chi connectivity index (χ0v) is 10.5. The van der Waals surface area contributed by atoms with E-state index in [9.17, 15) is 9.90 Å². The van der Waals surface area contributed by atoms with Gasteiger partial charge in [0.1, 0.15) is 0 Å². The second-order valence-corrected chi connectivity index (χ2v) is 5.31. The molecular formula is C13H24N2O2. The second-order valence-electron chi connectivity index (χ2n) is 5.31. The summed E-state index contributed by atoms with van der Waals surface area (Å²) in [4.78, 5) is 13.9. The van der Waals surface area contributed by atoms with Crippen LogP contribution in [0.2, 0.25) is 0 Å². The third-order valence-electron chi connectivity index (χ3n) is 3.78. The lowest BCUT2D eigenvalue weighted by atomic mass is 10.1. The van der Waals surface area contributed by atoms with Gasteiger partial charge in [-0.1, -0.05) is 12.8 Å². The van der Waals surface area contributed by atoms with Crippen molar-refractivity contribution in [2.24, 2.45) is 0 Å². The predicted molar refractivity (Wildman–Crippen MR) is 66.7 cm³/mol. The number of carbonyl (C=O) groups is 1. The lowest BCUT2D eigenvalue weighted by Crippen LogP contribution is -2.40. The summed E-state index contributed by atoms with van der Waals surface area (Å²) in [5.41, 5.74) is 0. The zero-order valence-electron chi connectivity index (χ0n) is 10.5. The average molecular weight is 240 g/mol. The standard InChI is InChI=1S/C13H24N2O2/c16-10-12-4-2-1-3-8-15(12)9-7-13(17)14-11-5-6-11/h11-12,16H,1-10H2,(H,14,17). The third-order valence-corrected chi connectivity index (χ3v) is 3.78. The first kappa shape index (κ1) is 12.8. The molecule has 1 saturated carbocycles. The molecule has 17 heavy (non-hydrogen) atoms. The molecule has 4 nitrogen and oxygen atoms in total. The number of amides is 1. The van der Waals surface area contributed by atoms with E-state index in [1.54, 1.807) is 0 Å². The van der Waals surface area contributed by atoms with E-state index in [4.69, 9.17) is 0 Å². The molecule has 1 aliphatic carbocycles. The van der Waals surface area contributed by atoms with Crippen LogP contribution in [-0.2, 0) is 4.79 Å². The molecule has 1 heterocycles. The molecule has 98 valence electrons. The predicted octanol–water partition coefficient (Wildman–Crippen LogP) is 0.892. The van der Waals surface area contributed by atoms with Crippen LogP contribution in [0.4, 0.5) is 0 Å². The Morgan fingerprint density at radius 1 is 1.24 bits per heavy atom. The highest BCUT2D eigenvalue weighted by molar-refractivity contribution is 5.76. The SMILES string of the molecule is O=C(CCN1CCCCCC1CO)NC1CC1. The highest BCUT2D eigenvalue weighted by atomic mass is 16.3. The van der Waals surface area contributed by atoms with Gasteiger partial charge >= 0.3 is 0 Å². The quantitative estimate of drug-likeness (QED) is 0.750. The maximum atomic E-state index is 11.6. The largest absolute Gasteiger partial charge is 0.395 e. The summed E-state index contributed by atoms with van der Waals surface area (Å²) in [6, 6.07) is 0.728. The molecule has 0 aromatic carbocycles. The lowest BCUT2D eigenvalue weighted by Gasteiger charge is -2.28. The van der Waals surface area contributed by atoms with Gasteiger partial charge in [0.25, 0.3) is 0 Å². The van der Waals surface area contributed by atoms with Crippen molar-refractivity contribution in [2.45, 2.75) is 57.0 Å². The van der Waals surface area contributed by atoms with E-state index in [1.165, 1.54) is 19.3 Å². The Labute approximate surface area is 103 Å². The van der Waals surface area contributed by atoms with Crippen molar-refractivity contribution in [1.82, 2.24) is 10.2 Å². The molecule has 0 bridgehead atoms. The van der Waals surface area contributed by atoms with Gasteiger partial charge in [-0.3, -0.25) is 9.69 Å². The molecule has 1 atom stereocenters. The highest BCUT2D eigenvalue weighted by Gasteiger charge is 2.24. The van der Waals surface area contributed by atoms with Gasteiger partial charge in [-0.05, 0) is 32.2 Å². The number of hydrogen-bond acceptors (Lipinski definition) is 3. The Kier molecular flexibility index (Phi) is 4.80. The van der Waals surface area contributed by atoms with Crippen LogP contribution in [0, 0.1) is 0 Å². The molecule has 0 spiro atoms. The zero-order chi connectivity index (χ0) is 12.1. The van der Waals surface area contributed by atoms with Gasteiger partial charge in [0.2, 0.25) is 5.91 Å². The van der Waals surface area contributed by atoms with Crippen LogP contribution in [-0.4, -0.2) is 47.7 Å². The van der Waals surface area contributed by atoms with E-state index in [-0.39, 0.29) is 18.6 Å². The van der Waals surface area contributed by atoms with Crippen molar-refractivity contribution in [3.8, 4) is 0 Å². The van der Waals surface area contributed by atoms with Crippen LogP contribution in [0.3, 0.4) is 0 Å². The van der Waals surface area contributed by atoms with Gasteiger partial charge in [0, 0.05) is 25.0 Å². The molecule has 2 aliphatic rings. The summed E-state index contributed by atoms with van der Waals surface area (Å²) in [5, 5.41) is 12.4. The number of nitrogens with one attached hydrogen (secondary N) is 1. The molecule has 2 N–H and O–H groups in total. The fourth-order valence-corrected chi connectivity index (χ4v) is 2.51. The first-order chi connectivity index (χ1) is 8.29. The van der Waals surface area contributed by atoms with Crippen molar-refractivity contribution >= 4 is 5.91 Å². The van der Waals surface area contributed by atoms with Crippen LogP contribution in [0.1, 0.15) is 44.9 Å². The smallest absolute Gasteiger partial charge is 0.221 e. The Morgan fingerprint density at radius 3 is 2.76 bits per heavy atom. The topological polar surface area (TPSA) is 52.6 Å². The molecule has 2 fully saturated rings. The first-order valence-corrected chi connectivity index (χ1v) is 6.94. The van der Waals surface area contributed by atoms with E-state index in [1.807, 2.05) is 0 Å². The van der Waals surface area contributed by atoms with Gasteiger partial charge in [-0.25, -0.2) is 0 Å². The lowest BCUT2D eigenvalue weighted by molar-refractivity contribution is -0.121. The average Bonchev–Trinajstić information content (AvgIpc) is 3.12. The van der Waals surface area contributed by atoms with Gasteiger partial charge in [-0.15, -0.1) is 0 Å². The Balaban J connectivity index is 1.72. The summed E-state index contributed by atoms with van der Waals surface area (Å²) >= 11 is 0. The number of aliphatic hydroxyl groups is 1. The van der Waals surface area contributed by atoms with Crippen molar-refractivity contribution in [3.05, 3.63) is 0 Å². The van der Waals surface area contributed by atoms with Crippen LogP contribution in [0.25, 0.3) is 0 Å². The Hall–Kier alpha value is -0.610. The van der Waals surface area contributed by atoms with Gasteiger partial charge in [0.05, 0.1) is 6.61 Å². The molecule has 2 rings (SSSR count). The second kappa shape index (κ2) is 6.36. The van der Waals surface area contributed by atoms with E-state index in [0.717, 1.165) is 32.4 Å². The number of carbonyl (C=O) groups excluding carboxylic acids is 1. The normalized spacial score (nSPS) is 26.5. The van der Waals surface area contributed by atoms with E-state index in [2.05, 4.69) is 10.2 Å². The van der Waals surface area contributed by atoms with Crippen molar-refractivity contribution in [3.63, 3.8) is 0 Å². The summed E-state index contributed by atoms with van der Waals surface area (Å²) in [6.07, 6.45) is 7.59. The van der Waals surface area contributed by atoms with Crippen molar-refractivity contribution in [2.75, 3.05) is 19.7 Å². The molecule has 1 aliphatic heterocycles. The third kappa shape index (κ3) is 4.28. The molecule has 1 saturated heterocycles. The van der Waals surface area contributed by atoms with Gasteiger partial charge < -0.3 is 10.4 Å². The molecule has 4 heteroatoms. The number of rotatable bonds is 5. The summed E-state index contributed by atoms with van der Waals surface area (Å²) < 4.78 is 0. The van der Waals surface area contributed by atoms with Crippen LogP contribution >= 0.6 is 0 Å². The minimum Gasteiger partial charge on any atom is -0.395 e. The summed E-state index contributed by atoms with van der Waals surface area (Å²) in [5.74, 6) is 0.174. The monoisotopic (exact) mass is 240 g/mol. The number of hydrogen-bond donors (Lipinski definition) is 2. The Morgan fingerprint density at radius 2 is 2.06 bits per heavy atom. The summed E-state index contributed by atoms with van der Waals surface area (Å²) in [7, 11) is 0. The van der Waals surface area contributed by atoms with E-state index >= 15 is 0 Å². The van der Waals surface area contributed by atoms with Crippen LogP contribution in [0.15, 0.2) is 0 Å². The maximum Gasteiger partial charge on any atom is 0.221 e. The van der Waals surface area contributed by atoms with Crippen molar-refractivity contribution in [1.29, 1.82) is 0 Å². The van der Waals surface area contributed by atoms with Crippen LogP contribution < -0.4 is 5.32 Å². The Bertz CT molecular complexity index is 254. The van der Waals surface area contributed by atoms with Crippen molar-refractivity contribution < 1.29 is 9.90 Å². The molecule has 0 aromatic heterocycles. The fourth-order valence-electron chi connectivity index (χ4n) is 2.51. The molecular weight excluding hydrogens is 216 g/mol. The molecule has 0 radical (unpaired) electrons. The number of aliphatic hydroxyl groups excluding tert-OH is 1. The fraction of sp³-hybridized carbons (Fsp3) is 0.923. The number of likely N-dealkylation sites (tertiary alicyclic amines) is 1. The van der Waals surface area contributed by atoms with Crippen LogP contribution in [0.5, 0.6) is 0 Å². The molecule has 1 amide bonds. The first-order valence-electron chi connectivity index (χ1n) is 6.94. The van der Waals surface area contributed by atoms with E-state index < -0.39 is 0 Å². The summed E-state index contributed by atoms with van der Waals surface area (Å²) in [6.45, 7) is 2.05. The minimum atomic E-state index is 0.174. The van der Waals surface area contributed by atoms with E-state index in [0.29, 0.717) is 12.5 Å².